The Balaban J connectivity index is 2.00. The second-order valence-electron chi connectivity index (χ2n) is 6.03. The highest BCUT2D eigenvalue weighted by atomic mass is 19.4. The van der Waals surface area contributed by atoms with Crippen LogP contribution in [0.1, 0.15) is 38.8 Å². The summed E-state index contributed by atoms with van der Waals surface area (Å²) in [4.78, 5) is 13.9. The number of hydrogen-bond donors (Lipinski definition) is 1. The lowest BCUT2D eigenvalue weighted by atomic mass is 9.99. The van der Waals surface area contributed by atoms with Crippen molar-refractivity contribution in [1.82, 2.24) is 25.0 Å². The Labute approximate surface area is 139 Å². The third-order valence-electron chi connectivity index (χ3n) is 4.50. The molecule has 0 aromatic carbocycles. The molecule has 0 bridgehead atoms. The summed E-state index contributed by atoms with van der Waals surface area (Å²) in [5.41, 5.74) is 0. The topological polar surface area (TPSA) is 63.1 Å². The number of alkyl halides is 3. The van der Waals surface area contributed by atoms with E-state index in [0.717, 1.165) is 0 Å². The first-order valence-electron chi connectivity index (χ1n) is 8.27. The lowest BCUT2D eigenvalue weighted by Gasteiger charge is -2.27. The normalized spacial score (nSPS) is 19.0. The summed E-state index contributed by atoms with van der Waals surface area (Å²) < 4.78 is 40.4. The largest absolute Gasteiger partial charge is 0.393 e. The fourth-order valence-corrected chi connectivity index (χ4v) is 2.92. The maximum absolute atomic E-state index is 12.9. The second kappa shape index (κ2) is 7.50. The van der Waals surface area contributed by atoms with E-state index in [0.29, 0.717) is 24.7 Å². The van der Waals surface area contributed by atoms with E-state index in [1.54, 1.807) is 11.8 Å². The van der Waals surface area contributed by atoms with Gasteiger partial charge in [-0.15, -0.1) is 10.2 Å². The number of nitrogens with one attached hydrogen (secondary N) is 1. The molecule has 0 radical (unpaired) electrons. The van der Waals surface area contributed by atoms with Crippen LogP contribution >= 0.6 is 0 Å². The molecule has 1 aliphatic rings. The van der Waals surface area contributed by atoms with Gasteiger partial charge >= 0.3 is 6.18 Å². The van der Waals surface area contributed by atoms with Crippen molar-refractivity contribution < 1.29 is 18.0 Å². The third kappa shape index (κ3) is 4.06. The molecule has 1 aliphatic heterocycles. The Hall–Kier alpha value is -1.64. The van der Waals surface area contributed by atoms with Gasteiger partial charge in [0.05, 0.1) is 18.5 Å². The van der Waals surface area contributed by atoms with Crippen LogP contribution in [0.2, 0.25) is 0 Å². The molecule has 1 aromatic heterocycles. The van der Waals surface area contributed by atoms with E-state index in [9.17, 15) is 18.0 Å². The highest BCUT2D eigenvalue weighted by molar-refractivity contribution is 5.81. The monoisotopic (exact) mass is 347 g/mol. The zero-order valence-corrected chi connectivity index (χ0v) is 14.2. The number of aromatic nitrogens is 3. The minimum atomic E-state index is -4.21. The predicted molar refractivity (Wildman–Crippen MR) is 82.1 cm³/mol. The van der Waals surface area contributed by atoms with Crippen molar-refractivity contribution in [2.75, 3.05) is 13.1 Å². The average Bonchev–Trinajstić information content (AvgIpc) is 2.95. The molecule has 136 valence electrons. The standard InChI is InChI=1S/C15H24F3N5O/c1-4-22(5-2)14(24)10(3)19-8-13-21-20-12-7-6-11(9-23(12)13)15(16,17)18/h10-11,19H,4-9H2,1-3H3/t10-,11+/m0/s1. The lowest BCUT2D eigenvalue weighted by molar-refractivity contribution is -0.182. The van der Waals surface area contributed by atoms with E-state index >= 15 is 0 Å². The molecule has 9 heteroatoms. The molecule has 0 spiro atoms. The van der Waals surface area contributed by atoms with Crippen LogP contribution in [0.4, 0.5) is 13.2 Å². The van der Waals surface area contributed by atoms with Crippen LogP contribution in [0.5, 0.6) is 0 Å². The molecule has 0 fully saturated rings. The number of carbonyl (C=O) groups excluding carboxylic acids is 1. The molecule has 1 aromatic rings. The third-order valence-corrected chi connectivity index (χ3v) is 4.50. The molecule has 1 amide bonds. The average molecular weight is 347 g/mol. The zero-order chi connectivity index (χ0) is 17.9. The van der Waals surface area contributed by atoms with Gasteiger partial charge in [-0.05, 0) is 27.2 Å². The number of fused-ring (bicyclic) bond motifs is 1. The Bertz CT molecular complexity index is 568. The van der Waals surface area contributed by atoms with E-state index in [-0.39, 0.29) is 31.8 Å². The zero-order valence-electron chi connectivity index (χ0n) is 14.2. The van der Waals surface area contributed by atoms with Crippen LogP contribution in [-0.4, -0.2) is 50.9 Å². The van der Waals surface area contributed by atoms with Crippen LogP contribution < -0.4 is 5.32 Å². The molecule has 0 unspecified atom stereocenters. The Morgan fingerprint density at radius 3 is 2.62 bits per heavy atom. The van der Waals surface area contributed by atoms with Gasteiger partial charge in [-0.25, -0.2) is 0 Å². The van der Waals surface area contributed by atoms with E-state index < -0.39 is 18.1 Å². The predicted octanol–water partition coefficient (Wildman–Crippen LogP) is 1.75. The van der Waals surface area contributed by atoms with Gasteiger partial charge in [0.2, 0.25) is 5.91 Å². The van der Waals surface area contributed by atoms with Crippen molar-refractivity contribution in [3.63, 3.8) is 0 Å². The number of carbonyl (C=O) groups is 1. The van der Waals surface area contributed by atoms with Crippen molar-refractivity contribution in [3.8, 4) is 0 Å². The SMILES string of the molecule is CCN(CC)C(=O)[C@H](C)NCc1nnc2n1C[C@H](C(F)(F)F)CC2. The lowest BCUT2D eigenvalue weighted by Crippen LogP contribution is -2.44. The second-order valence-corrected chi connectivity index (χ2v) is 6.03. The molecule has 2 heterocycles. The van der Waals surface area contributed by atoms with E-state index in [2.05, 4.69) is 15.5 Å². The fraction of sp³-hybridized carbons (Fsp3) is 0.800. The molecule has 0 saturated heterocycles. The smallest absolute Gasteiger partial charge is 0.342 e. The maximum Gasteiger partial charge on any atom is 0.393 e. The summed E-state index contributed by atoms with van der Waals surface area (Å²) in [6, 6.07) is -0.431. The summed E-state index contributed by atoms with van der Waals surface area (Å²) in [5, 5.41) is 11.0. The number of rotatable bonds is 6. The highest BCUT2D eigenvalue weighted by Crippen LogP contribution is 2.34. The number of nitrogens with zero attached hydrogens (tertiary/aromatic N) is 4. The minimum absolute atomic E-state index is 0.0356. The Morgan fingerprint density at radius 1 is 1.38 bits per heavy atom. The molecule has 6 nitrogen and oxygen atoms in total. The van der Waals surface area contributed by atoms with Gasteiger partial charge in [-0.1, -0.05) is 0 Å². The molecule has 24 heavy (non-hydrogen) atoms. The Kier molecular flexibility index (Phi) is 5.84. The number of amides is 1. The van der Waals surface area contributed by atoms with E-state index in [1.807, 2.05) is 13.8 Å². The molecule has 0 saturated carbocycles. The quantitative estimate of drug-likeness (QED) is 0.852. The van der Waals surface area contributed by atoms with Gasteiger partial charge in [-0.3, -0.25) is 10.1 Å². The number of hydrogen-bond acceptors (Lipinski definition) is 4. The molecule has 0 aliphatic carbocycles. The van der Waals surface area contributed by atoms with Gasteiger partial charge in [0.1, 0.15) is 11.6 Å². The molecular formula is C15H24F3N5O. The summed E-state index contributed by atoms with van der Waals surface area (Å²) in [5.74, 6) is -0.380. The van der Waals surface area contributed by atoms with Crippen LogP contribution in [0.25, 0.3) is 0 Å². The van der Waals surface area contributed by atoms with Gasteiger partial charge in [0.25, 0.3) is 0 Å². The van der Waals surface area contributed by atoms with Crippen molar-refractivity contribution in [2.24, 2.45) is 5.92 Å². The summed E-state index contributed by atoms with van der Waals surface area (Å²) in [7, 11) is 0. The van der Waals surface area contributed by atoms with E-state index in [1.165, 1.54) is 4.57 Å². The van der Waals surface area contributed by atoms with Crippen molar-refractivity contribution in [1.29, 1.82) is 0 Å². The van der Waals surface area contributed by atoms with Crippen LogP contribution in [0, 0.1) is 5.92 Å². The van der Waals surface area contributed by atoms with Gasteiger partial charge < -0.3 is 9.47 Å². The molecule has 2 rings (SSSR count). The van der Waals surface area contributed by atoms with Crippen molar-refractivity contribution >= 4 is 5.91 Å². The van der Waals surface area contributed by atoms with Crippen molar-refractivity contribution in [3.05, 3.63) is 11.6 Å². The summed E-state index contributed by atoms with van der Waals surface area (Å²) >= 11 is 0. The van der Waals surface area contributed by atoms with Crippen molar-refractivity contribution in [2.45, 2.75) is 58.9 Å². The first-order valence-corrected chi connectivity index (χ1v) is 8.27. The van der Waals surface area contributed by atoms with E-state index in [4.69, 9.17) is 0 Å². The van der Waals surface area contributed by atoms with Crippen LogP contribution in [0.15, 0.2) is 0 Å². The molecule has 1 N–H and O–H groups in total. The van der Waals surface area contributed by atoms with Gasteiger partial charge in [-0.2, -0.15) is 13.2 Å². The fourth-order valence-electron chi connectivity index (χ4n) is 2.92. The van der Waals surface area contributed by atoms with Crippen LogP contribution in [-0.2, 0) is 24.3 Å². The first-order chi connectivity index (χ1) is 11.3. The summed E-state index contributed by atoms with van der Waals surface area (Å²) in [6.07, 6.45) is -3.89. The highest BCUT2D eigenvalue weighted by Gasteiger charge is 2.42. The first kappa shape index (κ1) is 18.7. The maximum atomic E-state index is 12.9. The van der Waals surface area contributed by atoms with Crippen LogP contribution in [0.3, 0.4) is 0 Å². The number of likely N-dealkylation sites (N-methyl/N-ethyl adjacent to an activating group) is 1. The molecular weight excluding hydrogens is 323 g/mol. The number of halogens is 3. The van der Waals surface area contributed by atoms with Gasteiger partial charge in [0.15, 0.2) is 0 Å². The number of aryl methyl sites for hydroxylation is 1. The minimum Gasteiger partial charge on any atom is -0.342 e. The Morgan fingerprint density at radius 2 is 2.04 bits per heavy atom. The summed E-state index contributed by atoms with van der Waals surface area (Å²) in [6.45, 7) is 6.85. The molecule has 2 atom stereocenters. The van der Waals surface area contributed by atoms with Gasteiger partial charge in [0, 0.05) is 26.1 Å².